The molecule has 1 N–H and O–H groups in total. The molecule has 0 saturated heterocycles. The monoisotopic (exact) mass is 436 g/mol. The van der Waals surface area contributed by atoms with Crippen LogP contribution in [0.2, 0.25) is 0 Å². The van der Waals surface area contributed by atoms with Crippen LogP contribution in [0.3, 0.4) is 0 Å². The zero-order chi connectivity index (χ0) is 22.6. The summed E-state index contributed by atoms with van der Waals surface area (Å²) in [6.45, 7) is 5.50. The maximum absolute atomic E-state index is 13.1. The van der Waals surface area contributed by atoms with Gasteiger partial charge in [-0.05, 0) is 43.5 Å². The van der Waals surface area contributed by atoms with E-state index in [9.17, 15) is 13.2 Å². The zero-order valence-electron chi connectivity index (χ0n) is 18.3. The van der Waals surface area contributed by atoms with Crippen LogP contribution >= 0.6 is 0 Å². The maximum Gasteiger partial charge on any atom is 0.241 e. The van der Waals surface area contributed by atoms with Gasteiger partial charge in [-0.3, -0.25) is 9.10 Å². The van der Waals surface area contributed by atoms with Crippen LogP contribution in [0.4, 0.5) is 5.69 Å². The summed E-state index contributed by atoms with van der Waals surface area (Å²) >= 11 is 0. The molecule has 6 heteroatoms. The number of anilines is 1. The highest BCUT2D eigenvalue weighted by Gasteiger charge is 2.24. The Balaban J connectivity index is 1.90. The largest absolute Gasteiger partial charge is 0.344 e. The fraction of sp³-hybridized carbons (Fsp3) is 0.240. The Morgan fingerprint density at radius 1 is 0.871 bits per heavy atom. The number of benzene rings is 3. The molecule has 3 rings (SSSR count). The highest BCUT2D eigenvalue weighted by molar-refractivity contribution is 7.92. The van der Waals surface area contributed by atoms with Crippen molar-refractivity contribution in [2.45, 2.75) is 26.8 Å². The van der Waals surface area contributed by atoms with E-state index >= 15 is 0 Å². The number of aryl methyl sites for hydroxylation is 3. The van der Waals surface area contributed by atoms with Gasteiger partial charge >= 0.3 is 0 Å². The van der Waals surface area contributed by atoms with Crippen molar-refractivity contribution < 1.29 is 13.2 Å². The second-order valence-electron chi connectivity index (χ2n) is 7.88. The zero-order valence-corrected chi connectivity index (χ0v) is 19.1. The number of nitrogens with zero attached hydrogens (tertiary/aromatic N) is 1. The Morgan fingerprint density at radius 3 is 2.03 bits per heavy atom. The molecule has 1 atom stereocenters. The van der Waals surface area contributed by atoms with Gasteiger partial charge in [-0.15, -0.1) is 0 Å². The van der Waals surface area contributed by atoms with E-state index in [-0.39, 0.29) is 18.5 Å². The van der Waals surface area contributed by atoms with Crippen molar-refractivity contribution in [2.75, 3.05) is 17.1 Å². The second-order valence-corrected chi connectivity index (χ2v) is 9.79. The summed E-state index contributed by atoms with van der Waals surface area (Å²) in [5, 5.41) is 3.03. The molecule has 0 aliphatic carbocycles. The van der Waals surface area contributed by atoms with E-state index in [0.29, 0.717) is 5.69 Å². The van der Waals surface area contributed by atoms with Gasteiger partial charge in [0, 0.05) is 0 Å². The minimum Gasteiger partial charge on any atom is -0.344 e. The van der Waals surface area contributed by atoms with E-state index in [0.717, 1.165) is 38.4 Å². The van der Waals surface area contributed by atoms with Gasteiger partial charge in [-0.25, -0.2) is 8.42 Å². The third-order valence-electron chi connectivity index (χ3n) is 5.16. The smallest absolute Gasteiger partial charge is 0.241 e. The van der Waals surface area contributed by atoms with Crippen molar-refractivity contribution in [3.05, 3.63) is 101 Å². The summed E-state index contributed by atoms with van der Waals surface area (Å²) in [5.41, 5.74) is 5.33. The van der Waals surface area contributed by atoms with Gasteiger partial charge < -0.3 is 5.32 Å². The van der Waals surface area contributed by atoms with Gasteiger partial charge in [-0.2, -0.15) is 0 Å². The Morgan fingerprint density at radius 2 is 1.45 bits per heavy atom. The van der Waals surface area contributed by atoms with Crippen molar-refractivity contribution in [3.8, 4) is 0 Å². The van der Waals surface area contributed by atoms with Crippen molar-refractivity contribution >= 4 is 21.6 Å². The van der Waals surface area contributed by atoms with E-state index in [4.69, 9.17) is 0 Å². The minimum atomic E-state index is -3.65. The van der Waals surface area contributed by atoms with Crippen LogP contribution in [0.1, 0.15) is 33.9 Å². The molecular weight excluding hydrogens is 408 g/mol. The number of carbonyl (C=O) groups is 1. The first-order chi connectivity index (χ1) is 14.6. The predicted octanol–water partition coefficient (Wildman–Crippen LogP) is 4.28. The second kappa shape index (κ2) is 9.35. The lowest BCUT2D eigenvalue weighted by atomic mass is 9.98. The van der Waals surface area contributed by atoms with Gasteiger partial charge in [0.1, 0.15) is 6.54 Å². The summed E-state index contributed by atoms with van der Waals surface area (Å²) in [5.74, 6) is -0.375. The van der Waals surface area contributed by atoms with Gasteiger partial charge in [0.05, 0.1) is 18.0 Å². The lowest BCUT2D eigenvalue weighted by molar-refractivity contribution is -0.120. The van der Waals surface area contributed by atoms with Gasteiger partial charge in [0.15, 0.2) is 0 Å². The number of carbonyl (C=O) groups excluding carboxylic acids is 1. The predicted molar refractivity (Wildman–Crippen MR) is 126 cm³/mol. The molecule has 5 nitrogen and oxygen atoms in total. The molecular formula is C25H28N2O3S. The van der Waals surface area contributed by atoms with Crippen LogP contribution in [0.5, 0.6) is 0 Å². The summed E-state index contributed by atoms with van der Waals surface area (Å²) < 4.78 is 26.2. The molecule has 0 aliphatic heterocycles. The number of sulfonamides is 1. The highest BCUT2D eigenvalue weighted by Crippen LogP contribution is 2.25. The molecule has 0 unspecified atom stereocenters. The first-order valence-electron chi connectivity index (χ1n) is 10.1. The quantitative estimate of drug-likeness (QED) is 0.601. The average molecular weight is 437 g/mol. The van der Waals surface area contributed by atoms with Gasteiger partial charge in [0.25, 0.3) is 0 Å². The molecule has 0 radical (unpaired) electrons. The standard InChI is InChI=1S/C25H28N2O3S/c1-18-10-13-22(14-11-18)25(21-8-6-5-7-9-21)26-24(28)17-27(31(4,29)30)23-15-12-19(2)16-20(23)3/h5-16,25H,17H2,1-4H3,(H,26,28)/t25-/m1/s1. The highest BCUT2D eigenvalue weighted by atomic mass is 32.2. The SMILES string of the molecule is Cc1ccc([C@H](NC(=O)CN(c2ccc(C)cc2C)S(C)(=O)=O)c2ccccc2)cc1. The van der Waals surface area contributed by atoms with E-state index in [1.807, 2.05) is 87.5 Å². The number of hydrogen-bond donors (Lipinski definition) is 1. The third-order valence-corrected chi connectivity index (χ3v) is 6.28. The Hall–Kier alpha value is -3.12. The number of nitrogens with one attached hydrogen (secondary N) is 1. The third kappa shape index (κ3) is 5.73. The fourth-order valence-electron chi connectivity index (χ4n) is 3.57. The van der Waals surface area contributed by atoms with Crippen LogP contribution in [-0.4, -0.2) is 27.1 Å². The molecule has 0 heterocycles. The minimum absolute atomic E-state index is 0.294. The van der Waals surface area contributed by atoms with E-state index in [1.165, 1.54) is 0 Å². The molecule has 0 spiro atoms. The van der Waals surface area contributed by atoms with Gasteiger partial charge in [0.2, 0.25) is 15.9 Å². The lowest BCUT2D eigenvalue weighted by Crippen LogP contribution is -2.42. The van der Waals surface area contributed by atoms with Gasteiger partial charge in [-0.1, -0.05) is 77.9 Å². The topological polar surface area (TPSA) is 66.5 Å². The van der Waals surface area contributed by atoms with E-state index < -0.39 is 10.0 Å². The first kappa shape index (κ1) is 22.6. The lowest BCUT2D eigenvalue weighted by Gasteiger charge is -2.26. The molecule has 0 aromatic heterocycles. The van der Waals surface area contributed by atoms with E-state index in [1.54, 1.807) is 6.07 Å². The van der Waals surface area contributed by atoms with Crippen LogP contribution in [-0.2, 0) is 14.8 Å². The average Bonchev–Trinajstić information content (AvgIpc) is 2.71. The molecule has 3 aromatic carbocycles. The molecule has 3 aromatic rings. The summed E-state index contributed by atoms with van der Waals surface area (Å²) in [7, 11) is -3.65. The van der Waals surface area contributed by atoms with Crippen LogP contribution in [0.25, 0.3) is 0 Å². The van der Waals surface area contributed by atoms with Crippen LogP contribution in [0, 0.1) is 20.8 Å². The van der Waals surface area contributed by atoms with Crippen molar-refractivity contribution in [3.63, 3.8) is 0 Å². The molecule has 1 amide bonds. The number of hydrogen-bond acceptors (Lipinski definition) is 3. The number of amides is 1. The summed E-state index contributed by atoms with van der Waals surface area (Å²) in [4.78, 5) is 13.1. The molecule has 0 saturated carbocycles. The Labute approximate surface area is 184 Å². The molecule has 0 bridgehead atoms. The normalized spacial score (nSPS) is 12.3. The fourth-order valence-corrected chi connectivity index (χ4v) is 4.48. The summed E-state index contributed by atoms with van der Waals surface area (Å²) in [6, 6.07) is 22.7. The Kier molecular flexibility index (Phi) is 6.81. The molecule has 162 valence electrons. The van der Waals surface area contributed by atoms with E-state index in [2.05, 4.69) is 5.32 Å². The van der Waals surface area contributed by atoms with Crippen LogP contribution in [0.15, 0.2) is 72.8 Å². The van der Waals surface area contributed by atoms with Crippen molar-refractivity contribution in [1.82, 2.24) is 5.32 Å². The summed E-state index contributed by atoms with van der Waals surface area (Å²) in [6.07, 6.45) is 1.12. The van der Waals surface area contributed by atoms with Crippen LogP contribution < -0.4 is 9.62 Å². The van der Waals surface area contributed by atoms with Crippen molar-refractivity contribution in [1.29, 1.82) is 0 Å². The number of rotatable bonds is 7. The molecule has 0 aliphatic rings. The first-order valence-corrected chi connectivity index (χ1v) is 12.0. The Bertz CT molecular complexity index is 1160. The molecule has 31 heavy (non-hydrogen) atoms. The maximum atomic E-state index is 13.1. The molecule has 0 fully saturated rings. The van der Waals surface area contributed by atoms with Crippen molar-refractivity contribution in [2.24, 2.45) is 0 Å².